The number of thiazole rings is 1. The molecule has 1 aliphatic rings. The lowest BCUT2D eigenvalue weighted by atomic mass is 10.1. The topological polar surface area (TPSA) is 78.9 Å². The van der Waals surface area contributed by atoms with Crippen LogP contribution in [0.25, 0.3) is 10.6 Å². The molecule has 170 valence electrons. The van der Waals surface area contributed by atoms with E-state index in [4.69, 9.17) is 14.7 Å². The maximum absolute atomic E-state index is 11.9. The highest BCUT2D eigenvalue weighted by Crippen LogP contribution is 2.28. The van der Waals surface area contributed by atoms with Crippen molar-refractivity contribution in [1.82, 2.24) is 20.5 Å². The number of hydrogen-bond donors (Lipinski definition) is 2. The highest BCUT2D eigenvalue weighted by molar-refractivity contribution is 14.0. The number of likely N-dealkylation sites (tertiary alicyclic amines) is 1. The first-order valence-electron chi connectivity index (χ1n) is 10.6. The van der Waals surface area contributed by atoms with Crippen molar-refractivity contribution in [3.8, 4) is 10.6 Å². The van der Waals surface area contributed by atoms with Gasteiger partial charge in [-0.1, -0.05) is 30.3 Å². The summed E-state index contributed by atoms with van der Waals surface area (Å²) in [5, 5.41) is 7.88. The highest BCUT2D eigenvalue weighted by atomic mass is 127. The number of halogens is 1. The van der Waals surface area contributed by atoms with Crippen LogP contribution in [0.5, 0.6) is 0 Å². The summed E-state index contributed by atoms with van der Waals surface area (Å²) < 4.78 is 5.09. The van der Waals surface area contributed by atoms with Gasteiger partial charge in [0, 0.05) is 36.1 Å². The van der Waals surface area contributed by atoms with E-state index in [1.165, 1.54) is 4.88 Å². The van der Waals surface area contributed by atoms with E-state index in [-0.39, 0.29) is 36.1 Å². The van der Waals surface area contributed by atoms with Crippen LogP contribution in [0.4, 0.5) is 4.79 Å². The molecule has 0 spiro atoms. The molecule has 1 aromatic heterocycles. The fraction of sp³-hybridized carbons (Fsp3) is 0.500. The largest absolute Gasteiger partial charge is 0.450 e. The van der Waals surface area contributed by atoms with Crippen LogP contribution in [-0.4, -0.2) is 54.2 Å². The van der Waals surface area contributed by atoms with Gasteiger partial charge in [0.05, 0.1) is 18.8 Å². The average molecular weight is 558 g/mol. The third-order valence-electron chi connectivity index (χ3n) is 5.00. The van der Waals surface area contributed by atoms with Crippen LogP contribution in [0.1, 0.15) is 37.3 Å². The van der Waals surface area contributed by atoms with Crippen molar-refractivity contribution in [2.75, 3.05) is 26.2 Å². The van der Waals surface area contributed by atoms with Crippen molar-refractivity contribution in [2.45, 2.75) is 46.2 Å². The van der Waals surface area contributed by atoms with E-state index in [2.05, 4.69) is 29.7 Å². The van der Waals surface area contributed by atoms with E-state index in [9.17, 15) is 4.79 Å². The molecule has 1 aromatic carbocycles. The molecular formula is C22H32IN5O2S. The molecule has 1 saturated heterocycles. The molecule has 31 heavy (non-hydrogen) atoms. The van der Waals surface area contributed by atoms with Gasteiger partial charge in [-0.05, 0) is 33.6 Å². The lowest BCUT2D eigenvalue weighted by Gasteiger charge is -2.32. The normalized spacial score (nSPS) is 14.7. The monoisotopic (exact) mass is 557 g/mol. The number of rotatable bonds is 6. The van der Waals surface area contributed by atoms with Crippen molar-refractivity contribution in [1.29, 1.82) is 0 Å². The van der Waals surface area contributed by atoms with Gasteiger partial charge >= 0.3 is 6.09 Å². The fourth-order valence-electron chi connectivity index (χ4n) is 3.36. The molecule has 9 heteroatoms. The van der Waals surface area contributed by atoms with E-state index in [0.29, 0.717) is 26.2 Å². The molecule has 0 bridgehead atoms. The minimum Gasteiger partial charge on any atom is -0.450 e. The van der Waals surface area contributed by atoms with Gasteiger partial charge in [0.25, 0.3) is 0 Å². The number of nitrogens with zero attached hydrogens (tertiary/aromatic N) is 3. The highest BCUT2D eigenvalue weighted by Gasteiger charge is 2.24. The number of carbonyl (C=O) groups excluding carboxylic acids is 1. The molecule has 2 heterocycles. The van der Waals surface area contributed by atoms with E-state index < -0.39 is 0 Å². The van der Waals surface area contributed by atoms with Gasteiger partial charge in [-0.3, -0.25) is 0 Å². The Morgan fingerprint density at radius 1 is 1.26 bits per heavy atom. The molecule has 1 amide bonds. The lowest BCUT2D eigenvalue weighted by Crippen LogP contribution is -2.49. The Morgan fingerprint density at radius 3 is 2.61 bits per heavy atom. The number of hydrogen-bond acceptors (Lipinski definition) is 5. The van der Waals surface area contributed by atoms with E-state index in [1.807, 2.05) is 32.0 Å². The Hall–Kier alpha value is -1.88. The number of benzene rings is 1. The molecular weight excluding hydrogens is 525 g/mol. The molecule has 1 aliphatic heterocycles. The summed E-state index contributed by atoms with van der Waals surface area (Å²) in [6.07, 6.45) is 1.54. The van der Waals surface area contributed by atoms with Crippen molar-refractivity contribution in [3.63, 3.8) is 0 Å². The molecule has 0 radical (unpaired) electrons. The number of nitrogens with one attached hydrogen (secondary N) is 2. The molecule has 1 fully saturated rings. The first-order valence-corrected chi connectivity index (χ1v) is 11.4. The second-order valence-electron chi connectivity index (χ2n) is 7.19. The number of guanidine groups is 1. The predicted octanol–water partition coefficient (Wildman–Crippen LogP) is 4.41. The van der Waals surface area contributed by atoms with Crippen LogP contribution in [0.2, 0.25) is 0 Å². The van der Waals surface area contributed by atoms with Gasteiger partial charge in [0.2, 0.25) is 0 Å². The molecule has 3 rings (SSSR count). The number of aromatic nitrogens is 1. The summed E-state index contributed by atoms with van der Waals surface area (Å²) in [5.74, 6) is 0.807. The Balaban J connectivity index is 0.00000341. The minimum atomic E-state index is -0.216. The quantitative estimate of drug-likeness (QED) is 0.313. The summed E-state index contributed by atoms with van der Waals surface area (Å²) in [7, 11) is 0. The van der Waals surface area contributed by atoms with Crippen LogP contribution < -0.4 is 10.6 Å². The van der Waals surface area contributed by atoms with Crippen molar-refractivity contribution < 1.29 is 9.53 Å². The summed E-state index contributed by atoms with van der Waals surface area (Å²) >= 11 is 1.70. The van der Waals surface area contributed by atoms with Crippen molar-refractivity contribution in [2.24, 2.45) is 4.99 Å². The fourth-order valence-corrected chi connectivity index (χ4v) is 4.36. The zero-order valence-electron chi connectivity index (χ0n) is 18.4. The molecule has 2 aromatic rings. The van der Waals surface area contributed by atoms with Crippen LogP contribution in [0, 0.1) is 6.92 Å². The van der Waals surface area contributed by atoms with Crippen LogP contribution in [0.15, 0.2) is 35.3 Å². The second-order valence-corrected chi connectivity index (χ2v) is 8.28. The van der Waals surface area contributed by atoms with E-state index in [1.54, 1.807) is 16.2 Å². The molecule has 0 saturated carbocycles. The van der Waals surface area contributed by atoms with Crippen LogP contribution in [0.3, 0.4) is 0 Å². The molecule has 0 unspecified atom stereocenters. The Bertz CT molecular complexity index is 851. The summed E-state index contributed by atoms with van der Waals surface area (Å²) in [6.45, 7) is 9.13. The van der Waals surface area contributed by atoms with Gasteiger partial charge in [-0.15, -0.1) is 35.3 Å². The molecule has 0 aliphatic carbocycles. The van der Waals surface area contributed by atoms with Gasteiger partial charge in [0.15, 0.2) is 5.96 Å². The number of piperidine rings is 1. The number of aliphatic imine (C=N–C) groups is 1. The van der Waals surface area contributed by atoms with E-state index >= 15 is 0 Å². The minimum absolute atomic E-state index is 0. The molecule has 2 N–H and O–H groups in total. The van der Waals surface area contributed by atoms with Crippen LogP contribution in [-0.2, 0) is 11.3 Å². The lowest BCUT2D eigenvalue weighted by molar-refractivity contribution is 0.0963. The average Bonchev–Trinajstić information content (AvgIpc) is 3.14. The van der Waals surface area contributed by atoms with Gasteiger partial charge in [0.1, 0.15) is 5.01 Å². The molecule has 0 atom stereocenters. The Labute approximate surface area is 205 Å². The van der Waals surface area contributed by atoms with Crippen LogP contribution >= 0.6 is 35.3 Å². The Morgan fingerprint density at radius 2 is 1.97 bits per heavy atom. The zero-order chi connectivity index (χ0) is 21.3. The van der Waals surface area contributed by atoms with Gasteiger partial charge in [-0.25, -0.2) is 14.8 Å². The zero-order valence-corrected chi connectivity index (χ0v) is 21.5. The maximum atomic E-state index is 11.9. The van der Waals surface area contributed by atoms with Crippen molar-refractivity contribution >= 4 is 47.4 Å². The standard InChI is InChI=1S/C22H31N5O2S.HI/c1-4-23-21(26-18-11-13-27(14-12-18)22(28)29-5-2)24-15-19-16(3)25-20(30-19)17-9-7-6-8-10-17;/h6-10,18H,4-5,11-15H2,1-3H3,(H2,23,24,26);1H. The first-order chi connectivity index (χ1) is 14.6. The second kappa shape index (κ2) is 12.8. The maximum Gasteiger partial charge on any atom is 0.409 e. The number of ether oxygens (including phenoxy) is 1. The first kappa shape index (κ1) is 25.4. The van der Waals surface area contributed by atoms with E-state index in [0.717, 1.165) is 41.6 Å². The number of aryl methyl sites for hydroxylation is 1. The van der Waals surface area contributed by atoms with Gasteiger partial charge < -0.3 is 20.3 Å². The number of amides is 1. The summed E-state index contributed by atoms with van der Waals surface area (Å²) in [4.78, 5) is 24.3. The summed E-state index contributed by atoms with van der Waals surface area (Å²) in [5.41, 5.74) is 2.17. The SMILES string of the molecule is CCNC(=NCc1sc(-c2ccccc2)nc1C)NC1CCN(C(=O)OCC)CC1.I. The Kier molecular flexibility index (Phi) is 10.5. The predicted molar refractivity (Wildman–Crippen MR) is 137 cm³/mol. The smallest absolute Gasteiger partial charge is 0.409 e. The van der Waals surface area contributed by atoms with Crippen molar-refractivity contribution in [3.05, 3.63) is 40.9 Å². The third-order valence-corrected chi connectivity index (χ3v) is 6.19. The molecule has 7 nitrogen and oxygen atoms in total. The number of carbonyl (C=O) groups is 1. The van der Waals surface area contributed by atoms with Gasteiger partial charge in [-0.2, -0.15) is 0 Å². The summed E-state index contributed by atoms with van der Waals surface area (Å²) in [6, 6.07) is 10.5. The third kappa shape index (κ3) is 7.34.